The molecule has 0 spiro atoms. The lowest BCUT2D eigenvalue weighted by atomic mass is 10.1. The third-order valence-corrected chi connectivity index (χ3v) is 5.50. The number of ether oxygens (including phenoxy) is 2. The van der Waals surface area contributed by atoms with Crippen LogP contribution in [0.25, 0.3) is 22.0 Å². The lowest BCUT2D eigenvalue weighted by Crippen LogP contribution is -2.40. The summed E-state index contributed by atoms with van der Waals surface area (Å²) in [6.45, 7) is 7.59. The van der Waals surface area contributed by atoms with E-state index in [4.69, 9.17) is 9.47 Å². The van der Waals surface area contributed by atoms with Gasteiger partial charge < -0.3 is 20.1 Å². The van der Waals surface area contributed by atoms with Crippen LogP contribution in [-0.4, -0.2) is 44.1 Å². The summed E-state index contributed by atoms with van der Waals surface area (Å²) in [5.41, 5.74) is 2.88. The Kier molecular flexibility index (Phi) is 7.44. The van der Waals surface area contributed by atoms with E-state index in [1.54, 1.807) is 17.1 Å². The van der Waals surface area contributed by atoms with Gasteiger partial charge >= 0.3 is 6.09 Å². The molecule has 10 heteroatoms. The summed E-state index contributed by atoms with van der Waals surface area (Å²) in [5, 5.41) is 11.3. The van der Waals surface area contributed by atoms with Crippen molar-refractivity contribution in [1.29, 1.82) is 0 Å². The molecule has 188 valence electrons. The van der Waals surface area contributed by atoms with Gasteiger partial charge in [0.05, 0.1) is 17.8 Å². The monoisotopic (exact) mass is 552 g/mol. The van der Waals surface area contributed by atoms with Crippen molar-refractivity contribution in [3.8, 4) is 16.9 Å². The van der Waals surface area contributed by atoms with Crippen molar-refractivity contribution in [1.82, 2.24) is 25.1 Å². The SMILES string of the molecule is C[C@@H](COc1cc(Nc2ncc3cc(Br)ccc3n2)cc(-c2cnn(C)c2)c1)NC(=O)OC(C)(C)C. The van der Waals surface area contributed by atoms with Crippen molar-refractivity contribution in [3.05, 3.63) is 59.5 Å². The highest BCUT2D eigenvalue weighted by Gasteiger charge is 2.18. The molecule has 0 saturated heterocycles. The van der Waals surface area contributed by atoms with Gasteiger partial charge in [0.15, 0.2) is 0 Å². The Labute approximate surface area is 218 Å². The standard InChI is InChI=1S/C26H29BrN6O3/c1-16(30-25(34)36-26(2,3)4)15-35-22-10-17(19-13-29-33(5)14-19)9-21(11-22)31-24-28-12-18-8-20(27)6-7-23(18)32-24/h6-14,16H,15H2,1-5H3,(H,30,34)(H,28,31,32)/t16-/m0/s1. The number of aromatic nitrogens is 4. The van der Waals surface area contributed by atoms with Crippen molar-refractivity contribution < 1.29 is 14.3 Å². The van der Waals surface area contributed by atoms with E-state index >= 15 is 0 Å². The van der Waals surface area contributed by atoms with Crippen molar-refractivity contribution in [3.63, 3.8) is 0 Å². The van der Waals surface area contributed by atoms with Gasteiger partial charge in [-0.15, -0.1) is 0 Å². The van der Waals surface area contributed by atoms with Gasteiger partial charge in [-0.1, -0.05) is 15.9 Å². The van der Waals surface area contributed by atoms with Gasteiger partial charge in [-0.2, -0.15) is 5.10 Å². The number of hydrogen-bond acceptors (Lipinski definition) is 7. The summed E-state index contributed by atoms with van der Waals surface area (Å²) in [4.78, 5) is 21.1. The number of amides is 1. The van der Waals surface area contributed by atoms with Crippen LogP contribution in [0, 0.1) is 0 Å². The maximum atomic E-state index is 12.1. The van der Waals surface area contributed by atoms with Gasteiger partial charge in [-0.25, -0.2) is 14.8 Å². The Morgan fingerprint density at radius 1 is 1.14 bits per heavy atom. The molecule has 0 aliphatic carbocycles. The van der Waals surface area contributed by atoms with E-state index in [1.165, 1.54) is 0 Å². The molecule has 4 rings (SSSR count). The largest absolute Gasteiger partial charge is 0.491 e. The van der Waals surface area contributed by atoms with Crippen molar-refractivity contribution in [2.24, 2.45) is 7.05 Å². The maximum Gasteiger partial charge on any atom is 0.407 e. The first kappa shape index (κ1) is 25.4. The molecule has 1 atom stereocenters. The minimum Gasteiger partial charge on any atom is -0.491 e. The van der Waals surface area contributed by atoms with Crippen molar-refractivity contribution in [2.45, 2.75) is 39.3 Å². The van der Waals surface area contributed by atoms with Crippen molar-refractivity contribution in [2.75, 3.05) is 11.9 Å². The third-order valence-electron chi connectivity index (χ3n) is 5.01. The minimum absolute atomic E-state index is 0.260. The molecule has 2 aromatic carbocycles. The number of fused-ring (bicyclic) bond motifs is 1. The van der Waals surface area contributed by atoms with Crippen LogP contribution in [0.2, 0.25) is 0 Å². The number of nitrogens with one attached hydrogen (secondary N) is 2. The van der Waals surface area contributed by atoms with Crippen LogP contribution < -0.4 is 15.4 Å². The molecule has 0 fully saturated rings. The quantitative estimate of drug-likeness (QED) is 0.297. The summed E-state index contributed by atoms with van der Waals surface area (Å²) >= 11 is 3.47. The fourth-order valence-electron chi connectivity index (χ4n) is 3.46. The number of anilines is 2. The Balaban J connectivity index is 1.54. The smallest absolute Gasteiger partial charge is 0.407 e. The van der Waals surface area contributed by atoms with Crippen LogP contribution in [0.5, 0.6) is 5.75 Å². The van der Waals surface area contributed by atoms with Gasteiger partial charge in [0, 0.05) is 46.6 Å². The van der Waals surface area contributed by atoms with Crippen LogP contribution in [0.3, 0.4) is 0 Å². The maximum absolute atomic E-state index is 12.1. The second-order valence-electron chi connectivity index (χ2n) is 9.53. The van der Waals surface area contributed by atoms with Crippen LogP contribution >= 0.6 is 15.9 Å². The summed E-state index contributed by atoms with van der Waals surface area (Å²) in [7, 11) is 1.87. The lowest BCUT2D eigenvalue weighted by molar-refractivity contribution is 0.0494. The number of halogens is 1. The van der Waals surface area contributed by atoms with Crippen LogP contribution in [-0.2, 0) is 11.8 Å². The van der Waals surface area contributed by atoms with E-state index in [-0.39, 0.29) is 12.6 Å². The molecule has 4 aromatic rings. The Bertz CT molecular complexity index is 1380. The molecular formula is C26H29BrN6O3. The summed E-state index contributed by atoms with van der Waals surface area (Å²) < 4.78 is 14.1. The first-order chi connectivity index (χ1) is 17.0. The van der Waals surface area contributed by atoms with Crippen LogP contribution in [0.4, 0.5) is 16.4 Å². The van der Waals surface area contributed by atoms with E-state index in [9.17, 15) is 4.79 Å². The number of aryl methyl sites for hydroxylation is 1. The van der Waals surface area contributed by atoms with E-state index in [0.717, 1.165) is 32.2 Å². The molecule has 2 N–H and O–H groups in total. The van der Waals surface area contributed by atoms with Crippen LogP contribution in [0.1, 0.15) is 27.7 Å². The van der Waals surface area contributed by atoms with Gasteiger partial charge in [-0.05, 0) is 63.6 Å². The number of benzene rings is 2. The highest BCUT2D eigenvalue weighted by molar-refractivity contribution is 9.10. The van der Waals surface area contributed by atoms with Gasteiger partial charge in [0.25, 0.3) is 0 Å². The summed E-state index contributed by atoms with van der Waals surface area (Å²) in [5.74, 6) is 1.10. The highest BCUT2D eigenvalue weighted by Crippen LogP contribution is 2.30. The second kappa shape index (κ2) is 10.5. The molecule has 0 radical (unpaired) electrons. The predicted molar refractivity (Wildman–Crippen MR) is 143 cm³/mol. The Hall–Kier alpha value is -3.66. The second-order valence-corrected chi connectivity index (χ2v) is 10.4. The molecule has 1 amide bonds. The third kappa shape index (κ3) is 6.94. The van der Waals surface area contributed by atoms with E-state index < -0.39 is 11.7 Å². The average molecular weight is 553 g/mol. The summed E-state index contributed by atoms with van der Waals surface area (Å²) in [6, 6.07) is 11.4. The zero-order valence-electron chi connectivity index (χ0n) is 20.9. The van der Waals surface area contributed by atoms with Crippen LogP contribution in [0.15, 0.2) is 59.5 Å². The number of alkyl carbamates (subject to hydrolysis) is 1. The number of carbonyl (C=O) groups is 1. The normalized spacial score (nSPS) is 12.3. The molecule has 0 unspecified atom stereocenters. The first-order valence-corrected chi connectivity index (χ1v) is 12.3. The predicted octanol–water partition coefficient (Wildman–Crippen LogP) is 5.83. The van der Waals surface area contributed by atoms with Gasteiger partial charge in [-0.3, -0.25) is 4.68 Å². The fourth-order valence-corrected chi connectivity index (χ4v) is 3.84. The Morgan fingerprint density at radius 2 is 1.94 bits per heavy atom. The van der Waals surface area contributed by atoms with Crippen molar-refractivity contribution >= 4 is 44.6 Å². The topological polar surface area (TPSA) is 103 Å². The van der Waals surface area contributed by atoms with Gasteiger partial charge in [0.2, 0.25) is 5.95 Å². The summed E-state index contributed by atoms with van der Waals surface area (Å²) in [6.07, 6.45) is 5.02. The molecule has 9 nitrogen and oxygen atoms in total. The number of hydrogen-bond donors (Lipinski definition) is 2. The number of rotatable bonds is 7. The molecule has 2 heterocycles. The molecule has 0 aliphatic rings. The van der Waals surface area contributed by atoms with E-state index in [2.05, 4.69) is 41.6 Å². The molecule has 36 heavy (non-hydrogen) atoms. The molecule has 2 aromatic heterocycles. The first-order valence-electron chi connectivity index (χ1n) is 11.5. The lowest BCUT2D eigenvalue weighted by Gasteiger charge is -2.22. The number of nitrogens with zero attached hydrogens (tertiary/aromatic N) is 4. The Morgan fingerprint density at radius 3 is 2.67 bits per heavy atom. The number of carbonyl (C=O) groups excluding carboxylic acids is 1. The minimum atomic E-state index is -0.565. The highest BCUT2D eigenvalue weighted by atomic mass is 79.9. The molecule has 0 saturated carbocycles. The van der Waals surface area contributed by atoms with E-state index in [0.29, 0.717) is 11.7 Å². The molecule has 0 aliphatic heterocycles. The zero-order valence-corrected chi connectivity index (χ0v) is 22.5. The van der Waals surface area contributed by atoms with Gasteiger partial charge in [0.1, 0.15) is 18.0 Å². The molecular weight excluding hydrogens is 524 g/mol. The average Bonchev–Trinajstić information content (AvgIpc) is 3.23. The fraction of sp³-hybridized carbons (Fsp3) is 0.308. The van der Waals surface area contributed by atoms with E-state index in [1.807, 2.05) is 77.3 Å². The molecule has 0 bridgehead atoms. The zero-order chi connectivity index (χ0) is 25.9.